The number of hydrogen-bond acceptors (Lipinski definition) is 3. The molecular weight excluding hydrogens is 278 g/mol. The Balaban J connectivity index is 1.63. The Labute approximate surface area is 131 Å². The second-order valence-corrected chi connectivity index (χ2v) is 5.86. The molecule has 0 heterocycles. The summed E-state index contributed by atoms with van der Waals surface area (Å²) in [6.45, 7) is 3.84. The molecule has 2 aromatic rings. The summed E-state index contributed by atoms with van der Waals surface area (Å²) in [5.41, 5.74) is 2.39. The van der Waals surface area contributed by atoms with Gasteiger partial charge in [0.15, 0.2) is 0 Å². The SMILES string of the molecule is CSc1cccc(NCCCCOc2ccccc2C)c1. The van der Waals surface area contributed by atoms with Crippen molar-refractivity contribution in [2.45, 2.75) is 24.7 Å². The number of hydrogen-bond donors (Lipinski definition) is 1. The van der Waals surface area contributed by atoms with E-state index in [0.29, 0.717) is 0 Å². The van der Waals surface area contributed by atoms with E-state index < -0.39 is 0 Å². The van der Waals surface area contributed by atoms with Crippen LogP contribution in [0.3, 0.4) is 0 Å². The van der Waals surface area contributed by atoms with Crippen molar-refractivity contribution in [3.63, 3.8) is 0 Å². The predicted octanol–water partition coefficient (Wildman–Crippen LogP) is 4.99. The van der Waals surface area contributed by atoms with Crippen molar-refractivity contribution < 1.29 is 4.74 Å². The molecule has 0 spiro atoms. The maximum Gasteiger partial charge on any atom is 0.122 e. The summed E-state index contributed by atoms with van der Waals surface area (Å²) in [4.78, 5) is 1.29. The molecule has 112 valence electrons. The number of anilines is 1. The van der Waals surface area contributed by atoms with Gasteiger partial charge < -0.3 is 10.1 Å². The first-order valence-corrected chi connectivity index (χ1v) is 8.58. The lowest BCUT2D eigenvalue weighted by molar-refractivity contribution is 0.306. The lowest BCUT2D eigenvalue weighted by Crippen LogP contribution is -2.05. The number of rotatable bonds is 8. The summed E-state index contributed by atoms with van der Waals surface area (Å²) in [7, 11) is 0. The second-order valence-electron chi connectivity index (χ2n) is 4.98. The number of thioether (sulfide) groups is 1. The number of aryl methyl sites for hydroxylation is 1. The topological polar surface area (TPSA) is 21.3 Å². The Bertz CT molecular complexity index is 556. The Morgan fingerprint density at radius 3 is 2.71 bits per heavy atom. The normalized spacial score (nSPS) is 10.4. The highest BCUT2D eigenvalue weighted by atomic mass is 32.2. The van der Waals surface area contributed by atoms with Gasteiger partial charge in [-0.3, -0.25) is 0 Å². The highest BCUT2D eigenvalue weighted by Crippen LogP contribution is 2.19. The maximum absolute atomic E-state index is 5.79. The van der Waals surface area contributed by atoms with Crippen molar-refractivity contribution in [3.05, 3.63) is 54.1 Å². The van der Waals surface area contributed by atoms with E-state index in [4.69, 9.17) is 4.74 Å². The van der Waals surface area contributed by atoms with E-state index in [1.165, 1.54) is 16.1 Å². The van der Waals surface area contributed by atoms with Crippen molar-refractivity contribution in [3.8, 4) is 5.75 Å². The number of para-hydroxylation sites is 1. The largest absolute Gasteiger partial charge is 0.493 e. The fourth-order valence-corrected chi connectivity index (χ4v) is 2.55. The first kappa shape index (κ1) is 15.8. The molecule has 0 amide bonds. The highest BCUT2D eigenvalue weighted by Gasteiger charge is 1.98. The van der Waals surface area contributed by atoms with Crippen molar-refractivity contribution in [1.29, 1.82) is 0 Å². The van der Waals surface area contributed by atoms with Gasteiger partial charge in [0.05, 0.1) is 6.61 Å². The van der Waals surface area contributed by atoms with Gasteiger partial charge in [-0.05, 0) is 55.9 Å². The Morgan fingerprint density at radius 2 is 1.90 bits per heavy atom. The van der Waals surface area contributed by atoms with Gasteiger partial charge in [0.25, 0.3) is 0 Å². The van der Waals surface area contributed by atoms with E-state index in [1.807, 2.05) is 18.2 Å². The standard InChI is InChI=1S/C18H23NOS/c1-15-8-3-4-11-18(15)20-13-6-5-12-19-16-9-7-10-17(14-16)21-2/h3-4,7-11,14,19H,5-6,12-13H2,1-2H3. The van der Waals surface area contributed by atoms with Crippen molar-refractivity contribution in [2.75, 3.05) is 24.7 Å². The third-order valence-corrected chi connectivity index (χ3v) is 4.05. The Hall–Kier alpha value is -1.61. The van der Waals surface area contributed by atoms with E-state index in [1.54, 1.807) is 11.8 Å². The van der Waals surface area contributed by atoms with Crippen LogP contribution >= 0.6 is 11.8 Å². The van der Waals surface area contributed by atoms with Crippen LogP contribution in [-0.4, -0.2) is 19.4 Å². The van der Waals surface area contributed by atoms with E-state index >= 15 is 0 Å². The van der Waals surface area contributed by atoms with Crippen LogP contribution in [0.25, 0.3) is 0 Å². The summed E-state index contributed by atoms with van der Waals surface area (Å²) >= 11 is 1.77. The average Bonchev–Trinajstić information content (AvgIpc) is 2.52. The molecule has 0 saturated carbocycles. The molecule has 0 aromatic heterocycles. The van der Waals surface area contributed by atoms with Gasteiger partial charge in [-0.2, -0.15) is 0 Å². The number of ether oxygens (including phenoxy) is 1. The van der Waals surface area contributed by atoms with Crippen LogP contribution in [-0.2, 0) is 0 Å². The molecule has 0 aliphatic heterocycles. The quantitative estimate of drug-likeness (QED) is 0.548. The fourth-order valence-electron chi connectivity index (χ4n) is 2.09. The van der Waals surface area contributed by atoms with Gasteiger partial charge in [0, 0.05) is 17.1 Å². The molecule has 0 aliphatic carbocycles. The number of nitrogens with one attached hydrogen (secondary N) is 1. The number of unbranched alkanes of at least 4 members (excludes halogenated alkanes) is 1. The third kappa shape index (κ3) is 5.35. The Morgan fingerprint density at radius 1 is 1.05 bits per heavy atom. The summed E-state index contributed by atoms with van der Waals surface area (Å²) < 4.78 is 5.79. The van der Waals surface area contributed by atoms with Crippen molar-refractivity contribution in [2.24, 2.45) is 0 Å². The minimum absolute atomic E-state index is 0.775. The van der Waals surface area contributed by atoms with E-state index in [-0.39, 0.29) is 0 Å². The molecule has 0 unspecified atom stereocenters. The van der Waals surface area contributed by atoms with Crippen molar-refractivity contribution in [1.82, 2.24) is 0 Å². The predicted molar refractivity (Wildman–Crippen MR) is 92.6 cm³/mol. The van der Waals surface area contributed by atoms with Gasteiger partial charge in [-0.1, -0.05) is 24.3 Å². The smallest absolute Gasteiger partial charge is 0.122 e. The zero-order valence-electron chi connectivity index (χ0n) is 12.8. The van der Waals surface area contributed by atoms with Crippen molar-refractivity contribution >= 4 is 17.4 Å². The van der Waals surface area contributed by atoms with Gasteiger partial charge >= 0.3 is 0 Å². The molecule has 0 aliphatic rings. The Kier molecular flexibility index (Phi) is 6.48. The molecule has 0 bridgehead atoms. The average molecular weight is 301 g/mol. The molecule has 2 nitrogen and oxygen atoms in total. The summed E-state index contributed by atoms with van der Waals surface area (Å²) in [6, 6.07) is 16.7. The van der Waals surface area contributed by atoms with E-state index in [0.717, 1.165) is 31.7 Å². The zero-order chi connectivity index (χ0) is 14.9. The molecule has 0 saturated heterocycles. The second kappa shape index (κ2) is 8.63. The van der Waals surface area contributed by atoms with Crippen LogP contribution in [0.2, 0.25) is 0 Å². The molecule has 0 fully saturated rings. The van der Waals surface area contributed by atoms with Gasteiger partial charge in [0.2, 0.25) is 0 Å². The summed E-state index contributed by atoms with van der Waals surface area (Å²) in [5, 5.41) is 3.46. The molecule has 3 heteroatoms. The van der Waals surface area contributed by atoms with Crippen LogP contribution in [0.15, 0.2) is 53.4 Å². The van der Waals surface area contributed by atoms with Crippen LogP contribution < -0.4 is 10.1 Å². The molecule has 0 radical (unpaired) electrons. The lowest BCUT2D eigenvalue weighted by atomic mass is 10.2. The minimum Gasteiger partial charge on any atom is -0.493 e. The molecule has 2 aromatic carbocycles. The van der Waals surface area contributed by atoms with Gasteiger partial charge in [-0.25, -0.2) is 0 Å². The van der Waals surface area contributed by atoms with Gasteiger partial charge in [-0.15, -0.1) is 11.8 Å². The van der Waals surface area contributed by atoms with E-state index in [9.17, 15) is 0 Å². The van der Waals surface area contributed by atoms with E-state index in [2.05, 4.69) is 48.8 Å². The minimum atomic E-state index is 0.775. The maximum atomic E-state index is 5.79. The van der Waals surface area contributed by atoms with Crippen LogP contribution in [0.1, 0.15) is 18.4 Å². The lowest BCUT2D eigenvalue weighted by Gasteiger charge is -2.10. The summed E-state index contributed by atoms with van der Waals surface area (Å²) in [5.74, 6) is 0.998. The first-order chi connectivity index (χ1) is 10.3. The molecule has 1 N–H and O–H groups in total. The van der Waals surface area contributed by atoms with Crippen LogP contribution in [0, 0.1) is 6.92 Å². The molecular formula is C18H23NOS. The third-order valence-electron chi connectivity index (χ3n) is 3.32. The molecule has 2 rings (SSSR count). The highest BCUT2D eigenvalue weighted by molar-refractivity contribution is 7.98. The van der Waals surface area contributed by atoms with Gasteiger partial charge in [0.1, 0.15) is 5.75 Å². The first-order valence-electron chi connectivity index (χ1n) is 7.36. The zero-order valence-corrected chi connectivity index (χ0v) is 13.6. The van der Waals surface area contributed by atoms with Crippen LogP contribution in [0.5, 0.6) is 5.75 Å². The summed E-state index contributed by atoms with van der Waals surface area (Å²) in [6.07, 6.45) is 4.26. The monoisotopic (exact) mass is 301 g/mol. The number of benzene rings is 2. The fraction of sp³-hybridized carbons (Fsp3) is 0.333. The van der Waals surface area contributed by atoms with Crippen LogP contribution in [0.4, 0.5) is 5.69 Å². The molecule has 21 heavy (non-hydrogen) atoms. The molecule has 0 atom stereocenters.